The predicted molar refractivity (Wildman–Crippen MR) is 131 cm³/mol. The number of aromatic nitrogens is 2. The minimum Gasteiger partial charge on any atom is -0.341 e. The monoisotopic (exact) mass is 421 g/mol. The van der Waals surface area contributed by atoms with Crippen LogP contribution in [0.3, 0.4) is 0 Å². The lowest BCUT2D eigenvalue weighted by Gasteiger charge is -2.19. The van der Waals surface area contributed by atoms with Crippen molar-refractivity contribution in [2.24, 2.45) is 14.1 Å². The average molecular weight is 422 g/mol. The first-order chi connectivity index (χ1) is 15.5. The molecule has 0 saturated heterocycles. The number of nitrogens with zero attached hydrogens (tertiary/aromatic N) is 2. The van der Waals surface area contributed by atoms with Crippen molar-refractivity contribution in [3.05, 3.63) is 116 Å². The summed E-state index contributed by atoms with van der Waals surface area (Å²) >= 11 is 0. The lowest BCUT2D eigenvalue weighted by atomic mass is 9.99. The standard InChI is InChI=1S/C27H23N3O2/c1-29-25(28-23-10-4-3-5-11-23)24(26(31)30(2)27(29)32)18-12-14-21-16-19-8-6-7-9-20(19)17-22(21)15-13-18/h3-18,28H,1-2H3. The fourth-order valence-electron chi connectivity index (χ4n) is 4.22. The average Bonchev–Trinajstić information content (AvgIpc) is 3.02. The maximum Gasteiger partial charge on any atom is 0.332 e. The molecule has 0 bridgehead atoms. The molecule has 1 N–H and O–H groups in total. The molecule has 1 aromatic heterocycles. The minimum atomic E-state index is -0.367. The zero-order valence-electron chi connectivity index (χ0n) is 17.9. The Kier molecular flexibility index (Phi) is 4.86. The normalized spacial score (nSPS) is 13.2. The molecule has 5 heteroatoms. The molecular formula is C27H23N3O2. The molecule has 0 aliphatic heterocycles. The van der Waals surface area contributed by atoms with E-state index in [1.807, 2.05) is 54.6 Å². The van der Waals surface area contributed by atoms with Crippen molar-refractivity contribution in [2.45, 2.75) is 5.92 Å². The first-order valence-electron chi connectivity index (χ1n) is 10.5. The molecule has 0 saturated carbocycles. The number of anilines is 2. The molecule has 1 aliphatic carbocycles. The highest BCUT2D eigenvalue weighted by molar-refractivity contribution is 5.89. The van der Waals surface area contributed by atoms with E-state index in [0.29, 0.717) is 11.4 Å². The summed E-state index contributed by atoms with van der Waals surface area (Å²) in [5.74, 6) is 0.210. The molecule has 0 unspecified atom stereocenters. The van der Waals surface area contributed by atoms with E-state index in [-0.39, 0.29) is 17.2 Å². The molecule has 0 amide bonds. The smallest absolute Gasteiger partial charge is 0.332 e. The van der Waals surface area contributed by atoms with Gasteiger partial charge in [-0.25, -0.2) is 4.79 Å². The number of fused-ring (bicyclic) bond motifs is 2. The first-order valence-corrected chi connectivity index (χ1v) is 10.5. The zero-order chi connectivity index (χ0) is 22.2. The molecule has 5 nitrogen and oxygen atoms in total. The van der Waals surface area contributed by atoms with Crippen molar-refractivity contribution in [3.8, 4) is 0 Å². The summed E-state index contributed by atoms with van der Waals surface area (Å²) in [5, 5.41) is 5.64. The van der Waals surface area contributed by atoms with Gasteiger partial charge in [0.2, 0.25) is 0 Å². The molecule has 0 fully saturated rings. The van der Waals surface area contributed by atoms with Crippen LogP contribution in [0.5, 0.6) is 0 Å². The van der Waals surface area contributed by atoms with Crippen molar-refractivity contribution < 1.29 is 0 Å². The van der Waals surface area contributed by atoms with Crippen LogP contribution in [-0.4, -0.2) is 9.13 Å². The number of nitrogens with one attached hydrogen (secondary N) is 1. The van der Waals surface area contributed by atoms with Crippen molar-refractivity contribution >= 4 is 34.4 Å². The Bertz CT molecular complexity index is 1460. The lowest BCUT2D eigenvalue weighted by Crippen LogP contribution is -2.40. The molecule has 1 heterocycles. The number of hydrogen-bond donors (Lipinski definition) is 1. The van der Waals surface area contributed by atoms with Gasteiger partial charge in [0, 0.05) is 25.7 Å². The maximum atomic E-state index is 13.3. The fourth-order valence-corrected chi connectivity index (χ4v) is 4.22. The SMILES string of the molecule is Cn1c(Nc2ccccc2)c(C2C=Cc3cc4ccccc4cc3C=C2)c(=O)n(C)c1=O. The van der Waals surface area contributed by atoms with E-state index < -0.39 is 0 Å². The van der Waals surface area contributed by atoms with E-state index in [4.69, 9.17) is 0 Å². The second kappa shape index (κ2) is 7.85. The molecule has 0 spiro atoms. The van der Waals surface area contributed by atoms with Crippen LogP contribution in [0, 0.1) is 0 Å². The van der Waals surface area contributed by atoms with Gasteiger partial charge in [-0.05, 0) is 46.2 Å². The number of allylic oxidation sites excluding steroid dienone is 2. The Hall–Kier alpha value is -4.12. The first kappa shape index (κ1) is 19.8. The zero-order valence-corrected chi connectivity index (χ0v) is 17.9. The van der Waals surface area contributed by atoms with E-state index in [2.05, 4.69) is 41.7 Å². The van der Waals surface area contributed by atoms with Crippen LogP contribution in [0.1, 0.15) is 22.6 Å². The van der Waals surface area contributed by atoms with Crippen LogP contribution in [0.15, 0.2) is 88.5 Å². The molecule has 0 radical (unpaired) electrons. The minimum absolute atomic E-state index is 0.290. The number of benzene rings is 3. The molecule has 5 rings (SSSR count). The second-order valence-electron chi connectivity index (χ2n) is 8.03. The third kappa shape index (κ3) is 3.38. The predicted octanol–water partition coefficient (Wildman–Crippen LogP) is 4.80. The van der Waals surface area contributed by atoms with Crippen molar-refractivity contribution in [2.75, 3.05) is 5.32 Å². The van der Waals surface area contributed by atoms with E-state index in [1.54, 1.807) is 7.05 Å². The molecular weight excluding hydrogens is 398 g/mol. The van der Waals surface area contributed by atoms with E-state index in [0.717, 1.165) is 16.8 Å². The van der Waals surface area contributed by atoms with E-state index >= 15 is 0 Å². The highest BCUT2D eigenvalue weighted by Crippen LogP contribution is 2.31. The Morgan fingerprint density at radius 1 is 0.750 bits per heavy atom. The van der Waals surface area contributed by atoms with Gasteiger partial charge < -0.3 is 5.32 Å². The van der Waals surface area contributed by atoms with Crippen molar-refractivity contribution in [1.82, 2.24) is 9.13 Å². The largest absolute Gasteiger partial charge is 0.341 e. The molecule has 1 aliphatic rings. The number of para-hydroxylation sites is 1. The summed E-state index contributed by atoms with van der Waals surface area (Å²) in [6.45, 7) is 0. The lowest BCUT2D eigenvalue weighted by molar-refractivity contribution is 0.676. The van der Waals surface area contributed by atoms with Gasteiger partial charge in [-0.1, -0.05) is 66.8 Å². The number of rotatable bonds is 3. The molecule has 158 valence electrons. The molecule has 0 atom stereocenters. The van der Waals surface area contributed by atoms with Crippen molar-refractivity contribution in [3.63, 3.8) is 0 Å². The maximum absolute atomic E-state index is 13.3. The Labute approximate surface area is 185 Å². The van der Waals surface area contributed by atoms with Gasteiger partial charge in [0.1, 0.15) is 5.82 Å². The van der Waals surface area contributed by atoms with Gasteiger partial charge >= 0.3 is 5.69 Å². The van der Waals surface area contributed by atoms with E-state index in [1.165, 1.54) is 27.0 Å². The quantitative estimate of drug-likeness (QED) is 0.517. The highest BCUT2D eigenvalue weighted by Gasteiger charge is 2.22. The molecule has 4 aromatic rings. The van der Waals surface area contributed by atoms with Crippen LogP contribution >= 0.6 is 0 Å². The third-order valence-electron chi connectivity index (χ3n) is 5.99. The summed E-state index contributed by atoms with van der Waals surface area (Å²) < 4.78 is 2.66. The van der Waals surface area contributed by atoms with Crippen molar-refractivity contribution in [1.29, 1.82) is 0 Å². The van der Waals surface area contributed by atoms with Crippen LogP contribution in [0.4, 0.5) is 11.5 Å². The van der Waals surface area contributed by atoms with Gasteiger partial charge in [0.15, 0.2) is 0 Å². The fraction of sp³-hybridized carbons (Fsp3) is 0.111. The molecule has 3 aromatic carbocycles. The summed E-state index contributed by atoms with van der Waals surface area (Å²) in [6.07, 6.45) is 8.16. The second-order valence-corrected chi connectivity index (χ2v) is 8.03. The summed E-state index contributed by atoms with van der Waals surface area (Å²) in [7, 11) is 3.20. The van der Waals surface area contributed by atoms with Gasteiger partial charge in [0.05, 0.1) is 5.56 Å². The summed E-state index contributed by atoms with van der Waals surface area (Å²) in [6, 6.07) is 22.1. The third-order valence-corrected chi connectivity index (χ3v) is 5.99. The Morgan fingerprint density at radius 3 is 1.91 bits per heavy atom. The van der Waals surface area contributed by atoms with E-state index in [9.17, 15) is 9.59 Å². The van der Waals surface area contributed by atoms with Gasteiger partial charge in [-0.2, -0.15) is 0 Å². The van der Waals surface area contributed by atoms with Gasteiger partial charge in [-0.3, -0.25) is 13.9 Å². The summed E-state index contributed by atoms with van der Waals surface area (Å²) in [4.78, 5) is 25.9. The van der Waals surface area contributed by atoms with Crippen LogP contribution in [0.25, 0.3) is 22.9 Å². The highest BCUT2D eigenvalue weighted by atomic mass is 16.2. The number of hydrogen-bond acceptors (Lipinski definition) is 3. The van der Waals surface area contributed by atoms with Gasteiger partial charge in [0.25, 0.3) is 5.56 Å². The van der Waals surface area contributed by atoms with Crippen LogP contribution in [-0.2, 0) is 14.1 Å². The summed E-state index contributed by atoms with van der Waals surface area (Å²) in [5.41, 5.74) is 2.87. The molecule has 32 heavy (non-hydrogen) atoms. The topological polar surface area (TPSA) is 56.0 Å². The van der Waals surface area contributed by atoms with Gasteiger partial charge in [-0.15, -0.1) is 0 Å². The Morgan fingerprint density at radius 2 is 1.31 bits per heavy atom. The Balaban J connectivity index is 1.66. The van der Waals surface area contributed by atoms with Crippen LogP contribution in [0.2, 0.25) is 0 Å². The van der Waals surface area contributed by atoms with Crippen LogP contribution < -0.4 is 16.6 Å².